The monoisotopic (exact) mass is 402 g/mol. The van der Waals surface area contributed by atoms with Gasteiger partial charge in [0.05, 0.1) is 11.6 Å². The van der Waals surface area contributed by atoms with E-state index in [9.17, 15) is 9.59 Å². The van der Waals surface area contributed by atoms with Gasteiger partial charge in [-0.1, -0.05) is 18.2 Å². The fraction of sp³-hybridized carbons (Fsp3) is 0.450. The summed E-state index contributed by atoms with van der Waals surface area (Å²) in [6, 6.07) is 9.20. The van der Waals surface area contributed by atoms with Crippen molar-refractivity contribution in [1.82, 2.24) is 15.2 Å². The second-order valence-corrected chi connectivity index (χ2v) is 8.10. The highest BCUT2D eigenvalue weighted by Crippen LogP contribution is 2.36. The molecule has 0 fully saturated rings. The Bertz CT molecular complexity index is 807. The molecule has 150 valence electrons. The zero-order chi connectivity index (χ0) is 19.9. The van der Waals surface area contributed by atoms with Crippen LogP contribution in [-0.4, -0.2) is 55.5 Å². The summed E-state index contributed by atoms with van der Waals surface area (Å²) in [6.07, 6.45) is 2.63. The molecule has 2 aromatic rings. The minimum Gasteiger partial charge on any atom is -0.484 e. The predicted molar refractivity (Wildman–Crippen MR) is 110 cm³/mol. The normalized spacial score (nSPS) is 15.8. The number of carbonyl (C=O) groups is 2. The number of hydrogen-bond donors (Lipinski definition) is 2. The number of ether oxygens (including phenoxy) is 1. The van der Waals surface area contributed by atoms with Crippen LogP contribution in [0.25, 0.3) is 0 Å². The zero-order valence-corrected chi connectivity index (χ0v) is 17.1. The van der Waals surface area contributed by atoms with E-state index in [1.54, 1.807) is 12.1 Å². The lowest BCUT2D eigenvalue weighted by Gasteiger charge is -2.20. The topological polar surface area (TPSA) is 83.6 Å². The number of carbonyl (C=O) groups excluding carboxylic acids is 2. The molecule has 0 radical (unpaired) electrons. The Labute approximate surface area is 169 Å². The van der Waals surface area contributed by atoms with Crippen LogP contribution >= 0.6 is 11.3 Å². The number of aromatic nitrogens is 1. The molecule has 1 aliphatic carbocycles. The molecule has 2 N–H and O–H groups in total. The number of likely N-dealkylation sites (N-methyl/N-ethyl adjacent to an activating group) is 1. The predicted octanol–water partition coefficient (Wildman–Crippen LogP) is 2.26. The maximum atomic E-state index is 12.6. The first kappa shape index (κ1) is 20.3. The van der Waals surface area contributed by atoms with Gasteiger partial charge in [0.2, 0.25) is 5.91 Å². The number of amides is 2. The summed E-state index contributed by atoms with van der Waals surface area (Å²) in [5, 5.41) is 6.31. The van der Waals surface area contributed by atoms with Crippen molar-refractivity contribution in [1.29, 1.82) is 0 Å². The van der Waals surface area contributed by atoms with Crippen LogP contribution in [0.1, 0.15) is 29.3 Å². The van der Waals surface area contributed by atoms with Gasteiger partial charge in [-0.15, -0.1) is 11.3 Å². The average molecular weight is 403 g/mol. The number of nitrogens with zero attached hydrogens (tertiary/aromatic N) is 2. The van der Waals surface area contributed by atoms with E-state index in [2.05, 4.69) is 15.6 Å². The number of anilines is 1. The molecule has 1 aromatic heterocycles. The van der Waals surface area contributed by atoms with Gasteiger partial charge in [0.15, 0.2) is 11.7 Å². The Kier molecular flexibility index (Phi) is 7.00. The van der Waals surface area contributed by atoms with Crippen molar-refractivity contribution in [2.45, 2.75) is 25.2 Å². The summed E-state index contributed by atoms with van der Waals surface area (Å²) in [5.74, 6) is 0.152. The Morgan fingerprint density at radius 3 is 2.82 bits per heavy atom. The smallest absolute Gasteiger partial charge is 0.264 e. The van der Waals surface area contributed by atoms with Gasteiger partial charge in [-0.2, -0.15) is 0 Å². The second kappa shape index (κ2) is 9.66. The largest absolute Gasteiger partial charge is 0.484 e. The van der Waals surface area contributed by atoms with E-state index in [4.69, 9.17) is 4.74 Å². The van der Waals surface area contributed by atoms with Crippen molar-refractivity contribution in [2.24, 2.45) is 0 Å². The van der Waals surface area contributed by atoms with Gasteiger partial charge >= 0.3 is 0 Å². The summed E-state index contributed by atoms with van der Waals surface area (Å²) in [4.78, 5) is 32.4. The zero-order valence-electron chi connectivity index (χ0n) is 16.2. The van der Waals surface area contributed by atoms with Gasteiger partial charge < -0.3 is 15.0 Å². The van der Waals surface area contributed by atoms with Gasteiger partial charge in [-0.3, -0.25) is 14.9 Å². The Hall–Kier alpha value is -2.45. The maximum Gasteiger partial charge on any atom is 0.264 e. The molecule has 0 bridgehead atoms. The first-order valence-corrected chi connectivity index (χ1v) is 10.2. The van der Waals surface area contributed by atoms with Gasteiger partial charge in [0.1, 0.15) is 5.75 Å². The molecule has 0 spiro atoms. The minimum atomic E-state index is -0.262. The fourth-order valence-electron chi connectivity index (χ4n) is 3.07. The Balaban J connectivity index is 1.57. The van der Waals surface area contributed by atoms with E-state index >= 15 is 0 Å². The van der Waals surface area contributed by atoms with Gasteiger partial charge in [-0.25, -0.2) is 4.98 Å². The number of rotatable bonds is 8. The van der Waals surface area contributed by atoms with Crippen LogP contribution in [0, 0.1) is 0 Å². The van der Waals surface area contributed by atoms with E-state index in [0.717, 1.165) is 36.4 Å². The van der Waals surface area contributed by atoms with Crippen LogP contribution in [-0.2, 0) is 16.0 Å². The third-order valence-corrected chi connectivity index (χ3v) is 5.53. The molecule has 3 rings (SSSR count). The van der Waals surface area contributed by atoms with E-state index in [1.165, 1.54) is 11.3 Å². The molecule has 1 unspecified atom stereocenters. The standard InChI is InChI=1S/C20H26N4O3S/c1-24(2)12-11-21-19(26)15-9-6-10-16-18(15)23-20(28-16)22-17(25)13-27-14-7-4-3-5-8-14/h3-5,7-8,15H,6,9-13H2,1-2H3,(H,21,26)(H,22,23,25). The van der Waals surface area contributed by atoms with Crippen LogP contribution in [0.3, 0.4) is 0 Å². The Morgan fingerprint density at radius 2 is 2.07 bits per heavy atom. The summed E-state index contributed by atoms with van der Waals surface area (Å²) >= 11 is 1.45. The number of nitrogens with one attached hydrogen (secondary N) is 2. The molecule has 28 heavy (non-hydrogen) atoms. The average Bonchev–Trinajstić information content (AvgIpc) is 3.09. The van der Waals surface area contributed by atoms with Crippen molar-refractivity contribution in [2.75, 3.05) is 39.1 Å². The highest BCUT2D eigenvalue weighted by Gasteiger charge is 2.30. The molecule has 1 aliphatic rings. The van der Waals surface area contributed by atoms with E-state index in [1.807, 2.05) is 37.2 Å². The molecule has 1 atom stereocenters. The molecule has 8 heteroatoms. The molecule has 7 nitrogen and oxygen atoms in total. The number of para-hydroxylation sites is 1. The Morgan fingerprint density at radius 1 is 1.29 bits per heavy atom. The SMILES string of the molecule is CN(C)CCNC(=O)C1CCCc2sc(NC(=O)COc3ccccc3)nc21. The van der Waals surface area contributed by atoms with Crippen molar-refractivity contribution in [3.63, 3.8) is 0 Å². The molecule has 0 saturated carbocycles. The van der Waals surface area contributed by atoms with Crippen molar-refractivity contribution >= 4 is 28.3 Å². The van der Waals surface area contributed by atoms with Crippen molar-refractivity contribution in [3.8, 4) is 5.75 Å². The lowest BCUT2D eigenvalue weighted by molar-refractivity contribution is -0.123. The van der Waals surface area contributed by atoms with E-state index in [0.29, 0.717) is 17.4 Å². The molecule has 0 aliphatic heterocycles. The van der Waals surface area contributed by atoms with Gasteiger partial charge in [-0.05, 0) is 45.5 Å². The number of fused-ring (bicyclic) bond motifs is 1. The minimum absolute atomic E-state index is 0.0124. The van der Waals surface area contributed by atoms with Crippen LogP contribution in [0.15, 0.2) is 30.3 Å². The molecular weight excluding hydrogens is 376 g/mol. The number of aryl methyl sites for hydroxylation is 1. The molecule has 0 saturated heterocycles. The van der Waals surface area contributed by atoms with Gasteiger partial charge in [0, 0.05) is 18.0 Å². The summed E-state index contributed by atoms with van der Waals surface area (Å²) in [7, 11) is 3.95. The van der Waals surface area contributed by atoms with Crippen molar-refractivity contribution in [3.05, 3.63) is 40.9 Å². The lowest BCUT2D eigenvalue weighted by atomic mass is 9.90. The van der Waals surface area contributed by atoms with Crippen LogP contribution in [0.5, 0.6) is 5.75 Å². The fourth-order valence-corrected chi connectivity index (χ4v) is 4.16. The first-order chi connectivity index (χ1) is 13.5. The molecular formula is C20H26N4O3S. The highest BCUT2D eigenvalue weighted by atomic mass is 32.1. The molecule has 2 amide bonds. The summed E-state index contributed by atoms with van der Waals surface area (Å²) in [6.45, 7) is 1.33. The second-order valence-electron chi connectivity index (χ2n) is 7.02. The maximum absolute atomic E-state index is 12.6. The molecule has 1 aromatic carbocycles. The third kappa shape index (κ3) is 5.53. The van der Waals surface area contributed by atoms with Crippen molar-refractivity contribution < 1.29 is 14.3 Å². The van der Waals surface area contributed by atoms with Crippen LogP contribution in [0.2, 0.25) is 0 Å². The summed E-state index contributed by atoms with van der Waals surface area (Å²) in [5.41, 5.74) is 0.804. The quantitative estimate of drug-likeness (QED) is 0.708. The van der Waals surface area contributed by atoms with Crippen LogP contribution in [0.4, 0.5) is 5.13 Å². The molecule has 1 heterocycles. The number of benzene rings is 1. The summed E-state index contributed by atoms with van der Waals surface area (Å²) < 4.78 is 5.46. The van der Waals surface area contributed by atoms with E-state index in [-0.39, 0.29) is 24.3 Å². The first-order valence-electron chi connectivity index (χ1n) is 9.42. The lowest BCUT2D eigenvalue weighted by Crippen LogP contribution is -2.35. The van der Waals surface area contributed by atoms with Gasteiger partial charge in [0.25, 0.3) is 5.91 Å². The number of hydrogen-bond acceptors (Lipinski definition) is 6. The van der Waals surface area contributed by atoms with E-state index < -0.39 is 0 Å². The number of thiazole rings is 1. The third-order valence-electron chi connectivity index (χ3n) is 4.49. The van der Waals surface area contributed by atoms with Crippen LogP contribution < -0.4 is 15.4 Å². The highest BCUT2D eigenvalue weighted by molar-refractivity contribution is 7.15.